The second kappa shape index (κ2) is 11.0. The van der Waals surface area contributed by atoms with Gasteiger partial charge in [0.25, 0.3) is 5.91 Å². The fourth-order valence-electron chi connectivity index (χ4n) is 3.43. The number of anilines is 1. The van der Waals surface area contributed by atoms with E-state index < -0.39 is 10.0 Å². The van der Waals surface area contributed by atoms with Gasteiger partial charge in [0.2, 0.25) is 10.0 Å². The number of methoxy groups -OCH3 is 1. The summed E-state index contributed by atoms with van der Waals surface area (Å²) in [5.41, 5.74) is 1.65. The number of fused-ring (bicyclic) bond motifs is 1. The molecule has 0 bridgehead atoms. The minimum absolute atomic E-state index is 0.0133. The first kappa shape index (κ1) is 25.7. The topological polar surface area (TPSA) is 118 Å². The zero-order valence-electron chi connectivity index (χ0n) is 19.6. The highest BCUT2D eigenvalue weighted by Crippen LogP contribution is 2.31. The van der Waals surface area contributed by atoms with Gasteiger partial charge in [0.15, 0.2) is 5.69 Å². The first-order valence-electron chi connectivity index (χ1n) is 10.8. The Labute approximate surface area is 204 Å². The number of hydrogen-bond acceptors (Lipinski definition) is 7. The summed E-state index contributed by atoms with van der Waals surface area (Å²) in [5, 5.41) is 8.20. The maximum Gasteiger partial charge on any atom is 0.272 e. The van der Waals surface area contributed by atoms with Crippen LogP contribution in [0.25, 0.3) is 16.6 Å². The Bertz CT molecular complexity index is 1280. The average molecular weight is 509 g/mol. The molecule has 0 aliphatic rings. The number of rotatable bonds is 11. The lowest BCUT2D eigenvalue weighted by Crippen LogP contribution is -2.27. The number of nitrogens with one attached hydrogen (secondary N) is 2. The normalized spacial score (nSPS) is 11.7. The number of amides is 1. The maximum atomic E-state index is 12.9. The van der Waals surface area contributed by atoms with Crippen molar-refractivity contribution >= 4 is 44.1 Å². The molecule has 0 unspecified atom stereocenters. The van der Waals surface area contributed by atoms with Crippen LogP contribution in [0.4, 0.5) is 5.69 Å². The molecule has 0 atom stereocenters. The molecular formula is C22H29ClN6O4S. The molecule has 2 N–H and O–H groups in total. The van der Waals surface area contributed by atoms with Crippen molar-refractivity contribution in [3.63, 3.8) is 0 Å². The lowest BCUT2D eigenvalue weighted by atomic mass is 10.2. The van der Waals surface area contributed by atoms with E-state index in [9.17, 15) is 13.2 Å². The first-order valence-corrected chi connectivity index (χ1v) is 12.8. The van der Waals surface area contributed by atoms with E-state index in [0.717, 1.165) is 13.0 Å². The Balaban J connectivity index is 1.99. The van der Waals surface area contributed by atoms with E-state index in [1.165, 1.54) is 13.3 Å². The van der Waals surface area contributed by atoms with Crippen LogP contribution in [0.3, 0.4) is 0 Å². The van der Waals surface area contributed by atoms with E-state index in [0.29, 0.717) is 41.0 Å². The molecule has 0 radical (unpaired) electrons. The number of ether oxygens (including phenoxy) is 1. The van der Waals surface area contributed by atoms with Gasteiger partial charge in [-0.2, -0.15) is 5.10 Å². The first-order chi connectivity index (χ1) is 16.1. The molecule has 10 nitrogen and oxygen atoms in total. The molecule has 0 saturated carbocycles. The summed E-state index contributed by atoms with van der Waals surface area (Å²) in [5.74, 6) is 0.0563. The van der Waals surface area contributed by atoms with Gasteiger partial charge in [-0.1, -0.05) is 18.5 Å². The number of carbonyl (C=O) groups excluding carboxylic acids is 1. The number of hydrogen-bond donors (Lipinski definition) is 2. The van der Waals surface area contributed by atoms with E-state index >= 15 is 0 Å². The predicted octanol–water partition coefficient (Wildman–Crippen LogP) is 2.92. The minimum atomic E-state index is -3.46. The Kier molecular flexibility index (Phi) is 8.34. The van der Waals surface area contributed by atoms with Crippen molar-refractivity contribution in [3.8, 4) is 11.4 Å². The van der Waals surface area contributed by atoms with Gasteiger partial charge in [-0.25, -0.2) is 18.1 Å². The second-order valence-electron chi connectivity index (χ2n) is 8.00. The van der Waals surface area contributed by atoms with E-state index in [1.54, 1.807) is 35.9 Å². The molecule has 1 aromatic carbocycles. The maximum absolute atomic E-state index is 12.9. The van der Waals surface area contributed by atoms with E-state index in [1.807, 2.05) is 19.0 Å². The van der Waals surface area contributed by atoms with Crippen LogP contribution >= 0.6 is 11.6 Å². The van der Waals surface area contributed by atoms with E-state index in [-0.39, 0.29) is 22.5 Å². The highest BCUT2D eigenvalue weighted by molar-refractivity contribution is 7.92. The quantitative estimate of drug-likeness (QED) is 0.302. The fourth-order valence-corrected chi connectivity index (χ4v) is 4.71. The molecule has 3 rings (SSSR count). The molecule has 34 heavy (non-hydrogen) atoms. The van der Waals surface area contributed by atoms with Gasteiger partial charge in [-0.3, -0.25) is 9.52 Å². The van der Waals surface area contributed by atoms with Crippen LogP contribution in [-0.4, -0.2) is 74.0 Å². The zero-order valence-corrected chi connectivity index (χ0v) is 21.2. The Morgan fingerprint density at radius 1 is 1.26 bits per heavy atom. The highest BCUT2D eigenvalue weighted by Gasteiger charge is 2.21. The lowest BCUT2D eigenvalue weighted by molar-refractivity contribution is 0.0948. The molecule has 12 heteroatoms. The van der Waals surface area contributed by atoms with Crippen molar-refractivity contribution in [3.05, 3.63) is 41.3 Å². The van der Waals surface area contributed by atoms with Crippen LogP contribution in [0, 0.1) is 0 Å². The summed E-state index contributed by atoms with van der Waals surface area (Å²) in [6.45, 7) is 3.14. The Morgan fingerprint density at radius 3 is 2.71 bits per heavy atom. The summed E-state index contributed by atoms with van der Waals surface area (Å²) < 4.78 is 33.9. The highest BCUT2D eigenvalue weighted by atomic mass is 35.5. The molecule has 0 aliphatic carbocycles. The summed E-state index contributed by atoms with van der Waals surface area (Å²) in [7, 11) is 1.96. The van der Waals surface area contributed by atoms with Crippen molar-refractivity contribution in [2.24, 2.45) is 0 Å². The van der Waals surface area contributed by atoms with Crippen LogP contribution in [0.15, 0.2) is 30.5 Å². The summed E-state index contributed by atoms with van der Waals surface area (Å²) in [6, 6.07) is 6.47. The number of halogens is 1. The molecule has 0 spiro atoms. The third kappa shape index (κ3) is 6.16. The van der Waals surface area contributed by atoms with Gasteiger partial charge < -0.3 is 15.0 Å². The number of nitrogens with zero attached hydrogens (tertiary/aromatic N) is 4. The van der Waals surface area contributed by atoms with Crippen molar-refractivity contribution in [2.75, 3.05) is 44.8 Å². The largest absolute Gasteiger partial charge is 0.494 e. The molecular weight excluding hydrogens is 480 g/mol. The van der Waals surface area contributed by atoms with E-state index in [4.69, 9.17) is 16.3 Å². The number of carbonyl (C=O) groups is 1. The van der Waals surface area contributed by atoms with Gasteiger partial charge in [-0.05, 0) is 45.6 Å². The van der Waals surface area contributed by atoms with Gasteiger partial charge >= 0.3 is 0 Å². The SMILES string of the molecule is CCCS(=O)(=O)Nc1ccc(-n2nc(C(=O)NCCCN(C)C)c3cnc(Cl)cc32)c(OC)c1. The monoisotopic (exact) mass is 508 g/mol. The molecule has 0 fully saturated rings. The van der Waals surface area contributed by atoms with Crippen LogP contribution < -0.4 is 14.8 Å². The van der Waals surface area contributed by atoms with Crippen LogP contribution in [-0.2, 0) is 10.0 Å². The molecule has 0 saturated heterocycles. The number of sulfonamides is 1. The summed E-state index contributed by atoms with van der Waals surface area (Å²) in [4.78, 5) is 19.0. The lowest BCUT2D eigenvalue weighted by Gasteiger charge is -2.13. The van der Waals surface area contributed by atoms with Crippen molar-refractivity contribution in [1.29, 1.82) is 0 Å². The van der Waals surface area contributed by atoms with Crippen molar-refractivity contribution < 1.29 is 17.9 Å². The Morgan fingerprint density at radius 2 is 2.03 bits per heavy atom. The fraction of sp³-hybridized carbons (Fsp3) is 0.409. The Hall–Kier alpha value is -2.89. The number of pyridine rings is 1. The smallest absolute Gasteiger partial charge is 0.272 e. The predicted molar refractivity (Wildman–Crippen MR) is 134 cm³/mol. The standard InChI is InChI=1S/C22H29ClN6O4S/c1-5-11-34(31,32)27-15-7-8-17(19(12-15)33-4)29-18-13-20(23)25-14-16(18)21(26-29)22(30)24-9-6-10-28(2)3/h7-8,12-14,27H,5-6,9-11H2,1-4H3,(H,24,30). The van der Waals surface area contributed by atoms with E-state index in [2.05, 4.69) is 20.1 Å². The van der Waals surface area contributed by atoms with Crippen LogP contribution in [0.1, 0.15) is 30.3 Å². The third-order valence-corrected chi connectivity index (χ3v) is 6.67. The summed E-state index contributed by atoms with van der Waals surface area (Å²) >= 11 is 6.13. The minimum Gasteiger partial charge on any atom is -0.494 e. The van der Waals surface area contributed by atoms with Crippen LogP contribution in [0.2, 0.25) is 5.15 Å². The molecule has 1 amide bonds. The van der Waals surface area contributed by atoms with Gasteiger partial charge in [0, 0.05) is 24.9 Å². The van der Waals surface area contributed by atoms with Gasteiger partial charge in [-0.15, -0.1) is 0 Å². The van der Waals surface area contributed by atoms with Crippen molar-refractivity contribution in [2.45, 2.75) is 19.8 Å². The molecule has 2 heterocycles. The molecule has 0 aliphatic heterocycles. The molecule has 2 aromatic heterocycles. The van der Waals surface area contributed by atoms with Gasteiger partial charge in [0.05, 0.1) is 29.5 Å². The zero-order chi connectivity index (χ0) is 24.9. The molecule has 184 valence electrons. The number of benzene rings is 1. The number of aromatic nitrogens is 3. The summed E-state index contributed by atoms with van der Waals surface area (Å²) in [6.07, 6.45) is 2.80. The second-order valence-corrected chi connectivity index (χ2v) is 10.2. The van der Waals surface area contributed by atoms with Crippen molar-refractivity contribution in [1.82, 2.24) is 25.0 Å². The molecule has 3 aromatic rings. The van der Waals surface area contributed by atoms with Crippen LogP contribution in [0.5, 0.6) is 5.75 Å². The van der Waals surface area contributed by atoms with Gasteiger partial charge in [0.1, 0.15) is 16.6 Å². The average Bonchev–Trinajstić information content (AvgIpc) is 3.14. The third-order valence-electron chi connectivity index (χ3n) is 4.97.